The summed E-state index contributed by atoms with van der Waals surface area (Å²) in [6.45, 7) is -0.530. The third-order valence-corrected chi connectivity index (χ3v) is 4.29. The van der Waals surface area contributed by atoms with Gasteiger partial charge < -0.3 is 19.2 Å². The van der Waals surface area contributed by atoms with Crippen LogP contribution < -0.4 is 15.5 Å². The summed E-state index contributed by atoms with van der Waals surface area (Å²) >= 11 is 0. The Bertz CT molecular complexity index is 1280. The Kier molecular flexibility index (Phi) is 5.75. The van der Waals surface area contributed by atoms with Crippen LogP contribution in [0, 0.1) is 0 Å². The van der Waals surface area contributed by atoms with Gasteiger partial charge in [0.25, 0.3) is 5.91 Å². The van der Waals surface area contributed by atoms with E-state index in [1.54, 1.807) is 48.5 Å². The summed E-state index contributed by atoms with van der Waals surface area (Å²) in [5.41, 5.74) is 0.416. The van der Waals surface area contributed by atoms with E-state index in [0.29, 0.717) is 22.6 Å². The number of carbonyl (C=O) groups is 2. The van der Waals surface area contributed by atoms with Crippen molar-refractivity contribution in [2.75, 3.05) is 11.9 Å². The summed E-state index contributed by atoms with van der Waals surface area (Å²) in [5, 5.41) is 2.97. The number of carbonyl (C=O) groups excluding carboxylic acids is 2. The first-order valence-corrected chi connectivity index (χ1v) is 9.41. The summed E-state index contributed by atoms with van der Waals surface area (Å²) in [6, 6.07) is 23.7. The first-order chi connectivity index (χ1) is 15.1. The maximum atomic E-state index is 12.2. The second-order valence-corrected chi connectivity index (χ2v) is 6.53. The number of benzene rings is 3. The van der Waals surface area contributed by atoms with E-state index < -0.39 is 18.5 Å². The Morgan fingerprint density at radius 2 is 1.52 bits per heavy atom. The lowest BCUT2D eigenvalue weighted by molar-refractivity contribution is -0.119. The molecule has 0 fully saturated rings. The number of nitrogens with one attached hydrogen (secondary N) is 1. The quantitative estimate of drug-likeness (QED) is 0.470. The Balaban J connectivity index is 1.33. The molecular formula is C24H17NO6. The summed E-state index contributed by atoms with van der Waals surface area (Å²) < 4.78 is 16.0. The van der Waals surface area contributed by atoms with Gasteiger partial charge in [0.2, 0.25) is 5.76 Å². The van der Waals surface area contributed by atoms with Gasteiger partial charge in [-0.2, -0.15) is 0 Å². The lowest BCUT2D eigenvalue weighted by atomic mass is 10.2. The van der Waals surface area contributed by atoms with Crippen LogP contribution in [0.3, 0.4) is 0 Å². The maximum absolute atomic E-state index is 12.2. The van der Waals surface area contributed by atoms with Gasteiger partial charge >= 0.3 is 5.97 Å². The first kappa shape index (κ1) is 19.9. The van der Waals surface area contributed by atoms with Crippen molar-refractivity contribution in [2.45, 2.75) is 0 Å². The third kappa shape index (κ3) is 4.97. The summed E-state index contributed by atoms with van der Waals surface area (Å²) in [4.78, 5) is 36.3. The zero-order valence-corrected chi connectivity index (χ0v) is 16.2. The number of hydrogen-bond acceptors (Lipinski definition) is 6. The average Bonchev–Trinajstić information content (AvgIpc) is 2.79. The van der Waals surface area contributed by atoms with Gasteiger partial charge in [-0.3, -0.25) is 9.59 Å². The fourth-order valence-corrected chi connectivity index (χ4v) is 2.83. The number of hydrogen-bond donors (Lipinski definition) is 1. The predicted molar refractivity (Wildman–Crippen MR) is 114 cm³/mol. The van der Waals surface area contributed by atoms with Gasteiger partial charge in [0.1, 0.15) is 17.1 Å². The van der Waals surface area contributed by atoms with Crippen LogP contribution in [0.1, 0.15) is 10.6 Å². The normalized spacial score (nSPS) is 10.5. The van der Waals surface area contributed by atoms with Gasteiger partial charge in [-0.15, -0.1) is 0 Å². The standard InChI is InChI=1S/C24H17NO6/c26-20-14-22(31-21-9-5-4-8-19(20)21)24(28)29-15-23(27)25-16-10-12-18(13-11-16)30-17-6-2-1-3-7-17/h1-14H,15H2,(H,25,27). The molecule has 0 saturated carbocycles. The van der Waals surface area contributed by atoms with Crippen molar-refractivity contribution in [1.29, 1.82) is 0 Å². The molecule has 3 aromatic carbocycles. The van der Waals surface area contributed by atoms with E-state index >= 15 is 0 Å². The zero-order chi connectivity index (χ0) is 21.6. The van der Waals surface area contributed by atoms with Crippen molar-refractivity contribution in [1.82, 2.24) is 0 Å². The Morgan fingerprint density at radius 3 is 2.29 bits per heavy atom. The highest BCUT2D eigenvalue weighted by molar-refractivity contribution is 5.95. The monoisotopic (exact) mass is 415 g/mol. The lowest BCUT2D eigenvalue weighted by Gasteiger charge is -2.08. The Morgan fingerprint density at radius 1 is 0.839 bits per heavy atom. The molecule has 0 radical (unpaired) electrons. The molecule has 0 aliphatic rings. The minimum Gasteiger partial charge on any atom is -0.457 e. The molecule has 31 heavy (non-hydrogen) atoms. The minimum absolute atomic E-state index is 0.265. The number of amides is 1. The second-order valence-electron chi connectivity index (χ2n) is 6.53. The van der Waals surface area contributed by atoms with Crippen LogP contribution in [0.15, 0.2) is 94.1 Å². The van der Waals surface area contributed by atoms with Crippen molar-refractivity contribution in [2.24, 2.45) is 0 Å². The maximum Gasteiger partial charge on any atom is 0.374 e. The molecule has 1 amide bonds. The molecule has 0 spiro atoms. The highest BCUT2D eigenvalue weighted by atomic mass is 16.5. The van der Waals surface area contributed by atoms with E-state index in [-0.39, 0.29) is 16.8 Å². The molecule has 7 nitrogen and oxygen atoms in total. The first-order valence-electron chi connectivity index (χ1n) is 9.41. The molecule has 1 N–H and O–H groups in total. The number of rotatable bonds is 6. The topological polar surface area (TPSA) is 94.8 Å². The summed E-state index contributed by atoms with van der Waals surface area (Å²) in [7, 11) is 0. The van der Waals surface area contributed by atoms with Gasteiger partial charge in [-0.25, -0.2) is 4.79 Å². The van der Waals surface area contributed by atoms with Gasteiger partial charge in [-0.1, -0.05) is 30.3 Å². The molecule has 4 rings (SSSR count). The van der Waals surface area contributed by atoms with Crippen molar-refractivity contribution < 1.29 is 23.5 Å². The largest absolute Gasteiger partial charge is 0.457 e. The van der Waals surface area contributed by atoms with E-state index in [1.807, 2.05) is 30.3 Å². The predicted octanol–water partition coefficient (Wildman–Crippen LogP) is 4.38. The molecule has 7 heteroatoms. The third-order valence-electron chi connectivity index (χ3n) is 4.29. The van der Waals surface area contributed by atoms with Gasteiger partial charge in [0.15, 0.2) is 12.0 Å². The molecule has 0 aliphatic carbocycles. The van der Waals surface area contributed by atoms with Crippen LogP contribution in [-0.2, 0) is 9.53 Å². The molecule has 0 bridgehead atoms. The number of anilines is 1. The fraction of sp³-hybridized carbons (Fsp3) is 0.0417. The van der Waals surface area contributed by atoms with Crippen molar-refractivity contribution in [3.63, 3.8) is 0 Å². The highest BCUT2D eigenvalue weighted by Gasteiger charge is 2.15. The second kappa shape index (κ2) is 8.96. The number of fused-ring (bicyclic) bond motifs is 1. The average molecular weight is 415 g/mol. The van der Waals surface area contributed by atoms with Crippen LogP contribution >= 0.6 is 0 Å². The van der Waals surface area contributed by atoms with Crippen molar-refractivity contribution in [3.05, 3.63) is 101 Å². The van der Waals surface area contributed by atoms with E-state index in [4.69, 9.17) is 13.9 Å². The fourth-order valence-electron chi connectivity index (χ4n) is 2.83. The van der Waals surface area contributed by atoms with Crippen LogP contribution in [-0.4, -0.2) is 18.5 Å². The molecule has 4 aromatic rings. The molecule has 0 aliphatic heterocycles. The molecule has 154 valence electrons. The number of esters is 1. The molecule has 0 unspecified atom stereocenters. The zero-order valence-electron chi connectivity index (χ0n) is 16.2. The van der Waals surface area contributed by atoms with Crippen LogP contribution in [0.4, 0.5) is 5.69 Å². The molecule has 1 heterocycles. The Labute approximate surface area is 176 Å². The molecular weight excluding hydrogens is 398 g/mol. The van der Waals surface area contributed by atoms with E-state index in [0.717, 1.165) is 6.07 Å². The minimum atomic E-state index is -0.899. The number of ether oxygens (including phenoxy) is 2. The molecule has 0 saturated heterocycles. The van der Waals surface area contributed by atoms with Crippen LogP contribution in [0.25, 0.3) is 11.0 Å². The number of para-hydroxylation sites is 2. The molecule has 0 atom stereocenters. The summed E-state index contributed by atoms with van der Waals surface area (Å²) in [5.74, 6) is -0.384. The summed E-state index contributed by atoms with van der Waals surface area (Å²) in [6.07, 6.45) is 0. The van der Waals surface area contributed by atoms with E-state index in [1.165, 1.54) is 0 Å². The molecule has 1 aromatic heterocycles. The Hall–Kier alpha value is -4.39. The van der Waals surface area contributed by atoms with Gasteiger partial charge in [0, 0.05) is 11.8 Å². The highest BCUT2D eigenvalue weighted by Crippen LogP contribution is 2.22. The lowest BCUT2D eigenvalue weighted by Crippen LogP contribution is -2.21. The smallest absolute Gasteiger partial charge is 0.374 e. The SMILES string of the molecule is O=C(COC(=O)c1cc(=O)c2ccccc2o1)Nc1ccc(Oc2ccccc2)cc1. The van der Waals surface area contributed by atoms with Crippen LogP contribution in [0.2, 0.25) is 0 Å². The van der Waals surface area contributed by atoms with Crippen molar-refractivity contribution in [3.8, 4) is 11.5 Å². The van der Waals surface area contributed by atoms with E-state index in [2.05, 4.69) is 5.32 Å². The van der Waals surface area contributed by atoms with Gasteiger partial charge in [0.05, 0.1) is 5.39 Å². The van der Waals surface area contributed by atoms with E-state index in [9.17, 15) is 14.4 Å². The van der Waals surface area contributed by atoms with Gasteiger partial charge in [-0.05, 0) is 48.5 Å². The van der Waals surface area contributed by atoms with Crippen LogP contribution in [0.5, 0.6) is 11.5 Å². The van der Waals surface area contributed by atoms with Crippen molar-refractivity contribution >= 4 is 28.5 Å².